The number of nitrogens with zero attached hydrogens (tertiary/aromatic N) is 2. The first-order chi connectivity index (χ1) is 19.7. The zero-order valence-electron chi connectivity index (χ0n) is 24.0. The van der Waals surface area contributed by atoms with E-state index in [9.17, 15) is 18.0 Å². The molecule has 1 saturated heterocycles. The average Bonchev–Trinajstić information content (AvgIpc) is 2.95. The van der Waals surface area contributed by atoms with Crippen molar-refractivity contribution < 1.29 is 32.2 Å². The van der Waals surface area contributed by atoms with Crippen LogP contribution in [0, 0.1) is 0 Å². The van der Waals surface area contributed by atoms with E-state index >= 15 is 0 Å². The number of unbranched alkanes of at least 4 members (excludes halogenated alkanes) is 2. The van der Waals surface area contributed by atoms with Crippen LogP contribution in [-0.4, -0.2) is 62.7 Å². The van der Waals surface area contributed by atoms with Crippen molar-refractivity contribution in [1.29, 1.82) is 0 Å². The lowest BCUT2D eigenvalue weighted by atomic mass is 10.1. The summed E-state index contributed by atoms with van der Waals surface area (Å²) in [5.74, 6) is 0. The van der Waals surface area contributed by atoms with E-state index < -0.39 is 17.9 Å². The van der Waals surface area contributed by atoms with Gasteiger partial charge in [-0.1, -0.05) is 43.7 Å². The summed E-state index contributed by atoms with van der Waals surface area (Å²) < 4.78 is 56.7. The molecule has 2 heterocycles. The number of ether oxygens (including phenoxy) is 3. The average molecular weight is 595 g/mol. The second kappa shape index (κ2) is 15.2. The fourth-order valence-corrected chi connectivity index (χ4v) is 6.35. The zero-order valence-corrected chi connectivity index (χ0v) is 24.8. The van der Waals surface area contributed by atoms with Crippen molar-refractivity contribution in [2.24, 2.45) is 0 Å². The quantitative estimate of drug-likeness (QED) is 0.171. The minimum atomic E-state index is -4.38. The Morgan fingerprint density at radius 1 is 1.00 bits per heavy atom. The van der Waals surface area contributed by atoms with Gasteiger partial charge in [0.05, 0.1) is 29.6 Å². The molecular weight excluding hydrogens is 553 g/mol. The Morgan fingerprint density at radius 2 is 1.76 bits per heavy atom. The standard InChI is InChI=1S/C31H41F3N2O4S/c1-3-4-5-9-23(2)40-30(37)39-21-20-38-25-14-18-35(19-15-25)16-8-17-36-26-10-6-7-11-28(26)41-29-13-12-24(22-27(29)36)31(32,33)34/h6-7,10-13,22-23,25H,3-5,8-9,14-21H2,1-2H3. The Bertz CT molecular complexity index is 1120. The Hall–Kier alpha value is -2.43. The summed E-state index contributed by atoms with van der Waals surface area (Å²) in [6, 6.07) is 11.9. The molecule has 6 nitrogen and oxygen atoms in total. The molecule has 0 spiro atoms. The van der Waals surface area contributed by atoms with Crippen LogP contribution in [0.15, 0.2) is 52.3 Å². The van der Waals surface area contributed by atoms with E-state index in [0.29, 0.717) is 18.8 Å². The molecule has 1 unspecified atom stereocenters. The topological polar surface area (TPSA) is 51.2 Å². The number of para-hydroxylation sites is 1. The van der Waals surface area contributed by atoms with Gasteiger partial charge in [-0.25, -0.2) is 4.79 Å². The number of hydrogen-bond acceptors (Lipinski definition) is 7. The van der Waals surface area contributed by atoms with Gasteiger partial charge in [-0.2, -0.15) is 13.2 Å². The van der Waals surface area contributed by atoms with Crippen LogP contribution < -0.4 is 4.90 Å². The Kier molecular flexibility index (Phi) is 11.6. The Morgan fingerprint density at radius 3 is 2.51 bits per heavy atom. The smallest absolute Gasteiger partial charge is 0.432 e. The molecular formula is C31H41F3N2O4S. The van der Waals surface area contributed by atoms with Crippen LogP contribution >= 0.6 is 11.8 Å². The van der Waals surface area contributed by atoms with E-state index in [2.05, 4.69) is 11.8 Å². The maximum absolute atomic E-state index is 13.5. The van der Waals surface area contributed by atoms with Crippen LogP contribution in [0.2, 0.25) is 0 Å². The number of fused-ring (bicyclic) bond motifs is 2. The molecule has 0 bridgehead atoms. The molecule has 2 aromatic rings. The Labute approximate surface area is 245 Å². The third-order valence-corrected chi connectivity index (χ3v) is 8.64. The SMILES string of the molecule is CCCCCC(C)OC(=O)OCCOC1CCN(CCCN2c3ccccc3Sc3ccc(C(F)(F)F)cc32)CC1. The van der Waals surface area contributed by atoms with E-state index in [0.717, 1.165) is 86.1 Å². The number of piperidine rings is 1. The van der Waals surface area contributed by atoms with Gasteiger partial charge in [-0.3, -0.25) is 0 Å². The molecule has 0 amide bonds. The van der Waals surface area contributed by atoms with Crippen molar-refractivity contribution in [2.45, 2.75) is 87.0 Å². The monoisotopic (exact) mass is 594 g/mol. The number of carbonyl (C=O) groups excluding carboxylic acids is 1. The van der Waals surface area contributed by atoms with E-state index in [-0.39, 0.29) is 18.8 Å². The van der Waals surface area contributed by atoms with Crippen LogP contribution in [0.3, 0.4) is 0 Å². The van der Waals surface area contributed by atoms with Crippen molar-refractivity contribution in [3.05, 3.63) is 48.0 Å². The number of halogens is 3. The van der Waals surface area contributed by atoms with E-state index in [1.807, 2.05) is 36.1 Å². The molecule has 1 fully saturated rings. The highest BCUT2D eigenvalue weighted by Gasteiger charge is 2.33. The number of alkyl halides is 3. The maximum atomic E-state index is 13.5. The molecule has 2 aliphatic heterocycles. The van der Waals surface area contributed by atoms with E-state index in [1.54, 1.807) is 6.07 Å². The van der Waals surface area contributed by atoms with Crippen molar-refractivity contribution in [1.82, 2.24) is 4.90 Å². The molecule has 226 valence electrons. The fourth-order valence-electron chi connectivity index (χ4n) is 5.28. The van der Waals surface area contributed by atoms with Crippen molar-refractivity contribution >= 4 is 29.3 Å². The highest BCUT2D eigenvalue weighted by atomic mass is 32.2. The number of likely N-dealkylation sites (tertiary alicyclic amines) is 1. The molecule has 0 N–H and O–H groups in total. The van der Waals surface area contributed by atoms with Gasteiger partial charge in [0, 0.05) is 29.4 Å². The summed E-state index contributed by atoms with van der Waals surface area (Å²) in [6.45, 7) is 7.82. The Balaban J connectivity index is 1.18. The molecule has 0 aromatic heterocycles. The normalized spacial score (nSPS) is 16.7. The first-order valence-electron chi connectivity index (χ1n) is 14.7. The first-order valence-corrected chi connectivity index (χ1v) is 15.5. The predicted molar refractivity (Wildman–Crippen MR) is 155 cm³/mol. The van der Waals surface area contributed by atoms with Crippen LogP contribution in [0.4, 0.5) is 29.3 Å². The third kappa shape index (κ3) is 9.28. The molecule has 4 rings (SSSR count). The van der Waals surface area contributed by atoms with Gasteiger partial charge >= 0.3 is 12.3 Å². The third-order valence-electron chi connectivity index (χ3n) is 7.51. The van der Waals surface area contributed by atoms with Gasteiger partial charge in [0.25, 0.3) is 0 Å². The summed E-state index contributed by atoms with van der Waals surface area (Å²) >= 11 is 1.51. The highest BCUT2D eigenvalue weighted by molar-refractivity contribution is 7.99. The van der Waals surface area contributed by atoms with Gasteiger partial charge in [0.2, 0.25) is 0 Å². The molecule has 0 radical (unpaired) electrons. The van der Waals surface area contributed by atoms with Crippen molar-refractivity contribution in [3.63, 3.8) is 0 Å². The summed E-state index contributed by atoms with van der Waals surface area (Å²) in [7, 11) is 0. The number of anilines is 2. The van der Waals surface area contributed by atoms with Crippen molar-refractivity contribution in [2.75, 3.05) is 44.3 Å². The lowest BCUT2D eigenvalue weighted by Crippen LogP contribution is -2.38. The number of carbonyl (C=O) groups is 1. The van der Waals surface area contributed by atoms with Gasteiger partial charge < -0.3 is 24.0 Å². The summed E-state index contributed by atoms with van der Waals surface area (Å²) in [6.07, 6.45) is 1.70. The van der Waals surface area contributed by atoms with Crippen LogP contribution in [-0.2, 0) is 20.4 Å². The predicted octanol–water partition coefficient (Wildman–Crippen LogP) is 8.30. The van der Waals surface area contributed by atoms with Crippen molar-refractivity contribution in [3.8, 4) is 0 Å². The van der Waals surface area contributed by atoms with Gasteiger partial charge in [0.1, 0.15) is 12.7 Å². The van der Waals surface area contributed by atoms with E-state index in [1.165, 1.54) is 17.8 Å². The lowest BCUT2D eigenvalue weighted by molar-refractivity contribution is -0.137. The molecule has 0 aliphatic carbocycles. The molecule has 0 saturated carbocycles. The summed E-state index contributed by atoms with van der Waals surface area (Å²) in [4.78, 5) is 18.1. The van der Waals surface area contributed by atoms with Crippen LogP contribution in [0.5, 0.6) is 0 Å². The van der Waals surface area contributed by atoms with Crippen LogP contribution in [0.25, 0.3) is 0 Å². The summed E-state index contributed by atoms with van der Waals surface area (Å²) in [5, 5.41) is 0. The highest BCUT2D eigenvalue weighted by Crippen LogP contribution is 2.49. The largest absolute Gasteiger partial charge is 0.508 e. The minimum Gasteiger partial charge on any atom is -0.432 e. The number of hydrogen-bond donors (Lipinski definition) is 0. The minimum absolute atomic E-state index is 0.123. The number of benzene rings is 2. The number of rotatable bonds is 13. The van der Waals surface area contributed by atoms with E-state index in [4.69, 9.17) is 14.2 Å². The second-order valence-electron chi connectivity index (χ2n) is 10.7. The molecule has 1 atom stereocenters. The van der Waals surface area contributed by atoms with Gasteiger partial charge in [0.15, 0.2) is 0 Å². The maximum Gasteiger partial charge on any atom is 0.508 e. The first kappa shape index (κ1) is 31.5. The molecule has 10 heteroatoms. The zero-order chi connectivity index (χ0) is 29.2. The molecule has 2 aliphatic rings. The van der Waals surface area contributed by atoms with Gasteiger partial charge in [-0.15, -0.1) is 0 Å². The van der Waals surface area contributed by atoms with Crippen LogP contribution in [0.1, 0.15) is 64.4 Å². The fraction of sp³-hybridized carbons (Fsp3) is 0.581. The molecule has 2 aromatic carbocycles. The summed E-state index contributed by atoms with van der Waals surface area (Å²) in [5.41, 5.74) is 0.948. The second-order valence-corrected chi connectivity index (χ2v) is 11.8. The lowest BCUT2D eigenvalue weighted by Gasteiger charge is -2.35. The van der Waals surface area contributed by atoms with Gasteiger partial charge in [-0.05, 0) is 75.9 Å². The molecule has 41 heavy (non-hydrogen) atoms.